The molecule has 2 rings (SSSR count). The monoisotopic (exact) mass is 267 g/mol. The van der Waals surface area contributed by atoms with Gasteiger partial charge in [0.1, 0.15) is 5.76 Å². The van der Waals surface area contributed by atoms with Gasteiger partial charge in [0.15, 0.2) is 0 Å². The van der Waals surface area contributed by atoms with Crippen molar-refractivity contribution in [1.29, 1.82) is 0 Å². The van der Waals surface area contributed by atoms with Crippen LogP contribution in [0.25, 0.3) is 0 Å². The summed E-state index contributed by atoms with van der Waals surface area (Å²) in [6, 6.07) is 1.77. The molecule has 0 aliphatic carbocycles. The molecule has 0 radical (unpaired) electrons. The Morgan fingerprint density at radius 1 is 1.63 bits per heavy atom. The largest absolute Gasteiger partial charge is 0.373 e. The van der Waals surface area contributed by atoms with Crippen LogP contribution in [-0.4, -0.2) is 47.8 Å². The normalized spacial score (nSPS) is 19.2. The molecule has 1 aliphatic heterocycles. The Kier molecular flexibility index (Phi) is 4.55. The van der Waals surface area contributed by atoms with Gasteiger partial charge in [-0.1, -0.05) is 6.92 Å². The van der Waals surface area contributed by atoms with Crippen molar-refractivity contribution in [2.75, 3.05) is 26.2 Å². The molecule has 1 N–H and O–H groups in total. The lowest BCUT2D eigenvalue weighted by molar-refractivity contribution is 0.0713. The fraction of sp³-hybridized carbons (Fsp3) is 0.692. The third kappa shape index (κ3) is 3.54. The minimum atomic E-state index is -0.391. The number of hydrogen-bond acceptors (Lipinski definition) is 5. The van der Waals surface area contributed by atoms with Crippen LogP contribution in [-0.2, 0) is 0 Å². The molecule has 0 amide bonds. The van der Waals surface area contributed by atoms with Gasteiger partial charge >= 0.3 is 0 Å². The van der Waals surface area contributed by atoms with Gasteiger partial charge in [0.05, 0.1) is 6.54 Å². The molecule has 1 atom stereocenters. The Labute approximate surface area is 112 Å². The summed E-state index contributed by atoms with van der Waals surface area (Å²) in [4.78, 5) is 25.6. The van der Waals surface area contributed by atoms with Crippen molar-refractivity contribution in [3.05, 3.63) is 22.2 Å². The fourth-order valence-electron chi connectivity index (χ4n) is 2.41. The van der Waals surface area contributed by atoms with E-state index in [2.05, 4.69) is 5.32 Å². The van der Waals surface area contributed by atoms with Gasteiger partial charge in [-0.05, 0) is 32.9 Å². The molecule has 19 heavy (non-hydrogen) atoms. The van der Waals surface area contributed by atoms with E-state index < -0.39 is 5.56 Å². The van der Waals surface area contributed by atoms with Crippen molar-refractivity contribution >= 4 is 5.91 Å². The van der Waals surface area contributed by atoms with Crippen molar-refractivity contribution < 1.29 is 9.32 Å². The molecule has 1 aromatic heterocycles. The minimum absolute atomic E-state index is 0.210. The highest BCUT2D eigenvalue weighted by atomic mass is 16.5. The van der Waals surface area contributed by atoms with Crippen molar-refractivity contribution in [1.82, 2.24) is 15.0 Å². The average Bonchev–Trinajstić information content (AvgIpc) is 2.98. The first-order valence-electron chi connectivity index (χ1n) is 6.79. The molecular formula is C13H21N3O3. The average molecular weight is 267 g/mol. The summed E-state index contributed by atoms with van der Waals surface area (Å²) in [5.74, 6) is 0.150. The first-order chi connectivity index (χ1) is 9.10. The Morgan fingerprint density at radius 2 is 2.42 bits per heavy atom. The second kappa shape index (κ2) is 6.16. The second-order valence-electron chi connectivity index (χ2n) is 4.99. The zero-order valence-corrected chi connectivity index (χ0v) is 11.5. The number of nitrogens with zero attached hydrogens (tertiary/aromatic N) is 2. The van der Waals surface area contributed by atoms with Crippen LogP contribution in [0.15, 0.2) is 15.4 Å². The standard InChI is InChI=1S/C13H21N3O3/c1-3-15(8-11-5-4-6-14-11)9-13(18)16-12(17)7-10(2)19-16/h7,11,14H,3-6,8-9H2,1-2H3. The molecule has 0 spiro atoms. The van der Waals surface area contributed by atoms with Crippen LogP contribution >= 0.6 is 0 Å². The van der Waals surface area contributed by atoms with Gasteiger partial charge in [-0.25, -0.2) is 0 Å². The van der Waals surface area contributed by atoms with E-state index in [9.17, 15) is 9.59 Å². The molecule has 2 heterocycles. The van der Waals surface area contributed by atoms with Crippen LogP contribution in [0.4, 0.5) is 0 Å². The number of likely N-dealkylation sites (N-methyl/N-ethyl adjacent to an activating group) is 1. The van der Waals surface area contributed by atoms with E-state index in [0.717, 1.165) is 30.8 Å². The number of carbonyl (C=O) groups is 1. The Bertz CT molecular complexity index is 486. The van der Waals surface area contributed by atoms with Crippen molar-refractivity contribution in [3.63, 3.8) is 0 Å². The van der Waals surface area contributed by atoms with E-state index in [0.29, 0.717) is 11.8 Å². The number of aryl methyl sites for hydroxylation is 1. The minimum Gasteiger partial charge on any atom is -0.373 e. The van der Waals surface area contributed by atoms with Crippen LogP contribution < -0.4 is 10.9 Å². The van der Waals surface area contributed by atoms with Crippen molar-refractivity contribution in [2.45, 2.75) is 32.7 Å². The summed E-state index contributed by atoms with van der Waals surface area (Å²) in [5, 5.41) is 3.40. The molecule has 106 valence electrons. The van der Waals surface area contributed by atoms with Crippen LogP contribution in [0.3, 0.4) is 0 Å². The van der Waals surface area contributed by atoms with Crippen molar-refractivity contribution in [3.8, 4) is 0 Å². The smallest absolute Gasteiger partial charge is 0.290 e. The van der Waals surface area contributed by atoms with Gasteiger partial charge in [-0.15, -0.1) is 4.74 Å². The summed E-state index contributed by atoms with van der Waals surface area (Å²) >= 11 is 0. The number of carbonyl (C=O) groups excluding carboxylic acids is 1. The van der Waals surface area contributed by atoms with E-state index in [1.54, 1.807) is 6.92 Å². The molecule has 0 saturated carbocycles. The predicted molar refractivity (Wildman–Crippen MR) is 71.5 cm³/mol. The lowest BCUT2D eigenvalue weighted by Crippen LogP contribution is -2.42. The third-order valence-corrected chi connectivity index (χ3v) is 3.44. The Balaban J connectivity index is 1.95. The third-order valence-electron chi connectivity index (χ3n) is 3.44. The summed E-state index contributed by atoms with van der Waals surface area (Å²) in [6.45, 7) is 6.53. The first-order valence-corrected chi connectivity index (χ1v) is 6.79. The first kappa shape index (κ1) is 14.0. The summed E-state index contributed by atoms with van der Waals surface area (Å²) in [6.07, 6.45) is 2.33. The molecule has 0 aromatic carbocycles. The van der Waals surface area contributed by atoms with Gasteiger partial charge < -0.3 is 9.84 Å². The zero-order valence-electron chi connectivity index (χ0n) is 11.5. The number of hydrogen-bond donors (Lipinski definition) is 1. The van der Waals surface area contributed by atoms with Gasteiger partial charge in [0.25, 0.3) is 11.5 Å². The zero-order chi connectivity index (χ0) is 13.8. The molecule has 0 bridgehead atoms. The molecule has 1 aromatic rings. The summed E-state index contributed by atoms with van der Waals surface area (Å²) in [7, 11) is 0. The molecule has 1 unspecified atom stereocenters. The lowest BCUT2D eigenvalue weighted by Gasteiger charge is -2.22. The van der Waals surface area contributed by atoms with E-state index in [1.165, 1.54) is 12.5 Å². The maximum Gasteiger partial charge on any atom is 0.290 e. The summed E-state index contributed by atoms with van der Waals surface area (Å²) in [5.41, 5.74) is -0.391. The topological polar surface area (TPSA) is 67.5 Å². The number of rotatable bonds is 5. The maximum absolute atomic E-state index is 12.0. The molecule has 1 aliphatic rings. The van der Waals surface area contributed by atoms with E-state index in [-0.39, 0.29) is 12.5 Å². The van der Waals surface area contributed by atoms with Gasteiger partial charge in [0, 0.05) is 18.7 Å². The molecular weight excluding hydrogens is 246 g/mol. The van der Waals surface area contributed by atoms with E-state index >= 15 is 0 Å². The second-order valence-corrected chi connectivity index (χ2v) is 4.99. The molecule has 6 nitrogen and oxygen atoms in total. The number of aromatic nitrogens is 1. The van der Waals surface area contributed by atoms with Crippen LogP contribution in [0.2, 0.25) is 0 Å². The Hall–Kier alpha value is -1.40. The highest BCUT2D eigenvalue weighted by Gasteiger charge is 2.20. The van der Waals surface area contributed by atoms with Gasteiger partial charge in [-0.3, -0.25) is 14.5 Å². The molecule has 6 heteroatoms. The fourth-order valence-corrected chi connectivity index (χ4v) is 2.41. The van der Waals surface area contributed by atoms with Gasteiger partial charge in [0.2, 0.25) is 0 Å². The Morgan fingerprint density at radius 3 is 2.95 bits per heavy atom. The van der Waals surface area contributed by atoms with Gasteiger partial charge in [-0.2, -0.15) is 0 Å². The van der Waals surface area contributed by atoms with Crippen LogP contribution in [0.1, 0.15) is 30.3 Å². The SMILES string of the molecule is CCN(CC(=O)n1oc(C)cc1=O)CC1CCCN1. The van der Waals surface area contributed by atoms with Crippen molar-refractivity contribution in [2.24, 2.45) is 0 Å². The maximum atomic E-state index is 12.0. The lowest BCUT2D eigenvalue weighted by atomic mass is 10.2. The molecule has 1 fully saturated rings. The molecule has 1 saturated heterocycles. The van der Waals surface area contributed by atoms with E-state index in [1.807, 2.05) is 11.8 Å². The van der Waals surface area contributed by atoms with Crippen LogP contribution in [0.5, 0.6) is 0 Å². The highest BCUT2D eigenvalue weighted by molar-refractivity contribution is 5.79. The van der Waals surface area contributed by atoms with Crippen LogP contribution in [0, 0.1) is 6.92 Å². The van der Waals surface area contributed by atoms with E-state index in [4.69, 9.17) is 4.52 Å². The predicted octanol–water partition coefficient (Wildman–Crippen LogP) is 0.464. The quantitative estimate of drug-likeness (QED) is 0.839. The number of nitrogens with one attached hydrogen (secondary N) is 1. The summed E-state index contributed by atoms with van der Waals surface area (Å²) < 4.78 is 5.95. The highest BCUT2D eigenvalue weighted by Crippen LogP contribution is 2.07.